The zero-order chi connectivity index (χ0) is 19.8. The molecule has 144 valence electrons. The lowest BCUT2D eigenvalue weighted by atomic mass is 9.89. The molecule has 0 saturated heterocycles. The summed E-state index contributed by atoms with van der Waals surface area (Å²) in [6.07, 6.45) is 12.4. The summed E-state index contributed by atoms with van der Waals surface area (Å²) >= 11 is 0. The number of aromatic nitrogens is 2. The van der Waals surface area contributed by atoms with Crippen LogP contribution in [0.2, 0.25) is 0 Å². The van der Waals surface area contributed by atoms with Crippen LogP contribution in [0.25, 0.3) is 5.70 Å². The molecule has 7 nitrogen and oxygen atoms in total. The number of hydrogen-bond acceptors (Lipinski definition) is 4. The van der Waals surface area contributed by atoms with Crippen LogP contribution in [0, 0.1) is 5.92 Å². The van der Waals surface area contributed by atoms with E-state index in [-0.39, 0.29) is 17.7 Å². The Morgan fingerprint density at radius 2 is 1.97 bits per heavy atom. The van der Waals surface area contributed by atoms with Gasteiger partial charge in [-0.25, -0.2) is 4.98 Å². The van der Waals surface area contributed by atoms with Gasteiger partial charge in [0.05, 0.1) is 11.6 Å². The fourth-order valence-electron chi connectivity index (χ4n) is 3.86. The summed E-state index contributed by atoms with van der Waals surface area (Å²) in [6.45, 7) is 0.920. The number of carbonyl (C=O) groups excluding carboxylic acids is 2. The smallest absolute Gasteiger partial charge is 0.276 e. The molecule has 0 bridgehead atoms. The Kier molecular flexibility index (Phi) is 4.27. The molecule has 0 fully saturated rings. The number of anilines is 1. The van der Waals surface area contributed by atoms with E-state index in [1.807, 2.05) is 54.8 Å². The number of nitrogens with one attached hydrogen (secondary N) is 1. The molecular weight excluding hydrogens is 366 g/mol. The standard InChI is InChI=1S/C22H19N5O2/c28-21-17-6-2-1-5-16(17)20(25-26-21)14-8-10-15(11-9-14)23-22(29)18-13-27-12-4-3-7-19(27)24-18/h1-2,5-6,8-11,13,17H,3-4,7,12H2,(H,23,29). The molecule has 29 heavy (non-hydrogen) atoms. The van der Waals surface area contributed by atoms with E-state index >= 15 is 0 Å². The van der Waals surface area contributed by atoms with Gasteiger partial charge in [-0.3, -0.25) is 9.59 Å². The predicted octanol–water partition coefficient (Wildman–Crippen LogP) is 3.92. The van der Waals surface area contributed by atoms with Gasteiger partial charge in [0.1, 0.15) is 11.5 Å². The lowest BCUT2D eigenvalue weighted by Crippen LogP contribution is -2.17. The van der Waals surface area contributed by atoms with E-state index in [2.05, 4.69) is 25.1 Å². The third-order valence-corrected chi connectivity index (χ3v) is 5.37. The average Bonchev–Trinajstić information content (AvgIpc) is 3.20. The van der Waals surface area contributed by atoms with Crippen molar-refractivity contribution in [2.24, 2.45) is 16.1 Å². The van der Waals surface area contributed by atoms with Crippen LogP contribution in [0.1, 0.15) is 34.7 Å². The first-order valence-corrected chi connectivity index (χ1v) is 9.71. The van der Waals surface area contributed by atoms with Crippen molar-refractivity contribution in [3.63, 3.8) is 0 Å². The summed E-state index contributed by atoms with van der Waals surface area (Å²) in [4.78, 5) is 29.0. The number of fused-ring (bicyclic) bond motifs is 2. The van der Waals surface area contributed by atoms with Crippen molar-refractivity contribution in [1.29, 1.82) is 0 Å². The molecule has 2 amide bonds. The summed E-state index contributed by atoms with van der Waals surface area (Å²) in [6, 6.07) is 7.38. The molecule has 5 rings (SSSR count). The fraction of sp³-hybridized carbons (Fsp3) is 0.227. The lowest BCUT2D eigenvalue weighted by Gasteiger charge is -2.19. The Labute approximate surface area is 167 Å². The first kappa shape index (κ1) is 17.5. The van der Waals surface area contributed by atoms with Crippen molar-refractivity contribution in [3.05, 3.63) is 77.4 Å². The highest BCUT2D eigenvalue weighted by Crippen LogP contribution is 2.34. The molecule has 1 atom stereocenters. The number of imidazole rings is 1. The van der Waals surface area contributed by atoms with Crippen LogP contribution >= 0.6 is 0 Å². The molecule has 0 spiro atoms. The molecule has 1 unspecified atom stereocenters. The number of benzene rings is 1. The molecule has 0 saturated carbocycles. The maximum Gasteiger partial charge on any atom is 0.276 e. The minimum Gasteiger partial charge on any atom is -0.334 e. The number of hydrogen-bond donors (Lipinski definition) is 1. The van der Waals surface area contributed by atoms with E-state index in [0.29, 0.717) is 17.1 Å². The van der Waals surface area contributed by atoms with Crippen molar-refractivity contribution >= 4 is 23.2 Å². The van der Waals surface area contributed by atoms with E-state index in [4.69, 9.17) is 0 Å². The Balaban J connectivity index is 1.35. The molecule has 7 heteroatoms. The Bertz CT molecular complexity index is 1100. The Hall–Kier alpha value is -3.61. The number of amides is 2. The van der Waals surface area contributed by atoms with Crippen LogP contribution in [0.15, 0.2) is 70.6 Å². The van der Waals surface area contributed by atoms with Crippen LogP contribution in [0.4, 0.5) is 5.69 Å². The van der Waals surface area contributed by atoms with E-state index in [0.717, 1.165) is 42.8 Å². The Morgan fingerprint density at radius 1 is 1.10 bits per heavy atom. The monoisotopic (exact) mass is 385 g/mol. The molecule has 1 N–H and O–H groups in total. The number of nitrogens with zero attached hydrogens (tertiary/aromatic N) is 4. The molecule has 0 radical (unpaired) electrons. The highest BCUT2D eigenvalue weighted by molar-refractivity contribution is 6.03. The largest absolute Gasteiger partial charge is 0.334 e. The summed E-state index contributed by atoms with van der Waals surface area (Å²) < 4.78 is 2.06. The zero-order valence-corrected chi connectivity index (χ0v) is 15.7. The Morgan fingerprint density at radius 3 is 2.79 bits per heavy atom. The van der Waals surface area contributed by atoms with Crippen molar-refractivity contribution in [2.75, 3.05) is 5.32 Å². The van der Waals surface area contributed by atoms with E-state index in [1.54, 1.807) is 0 Å². The summed E-state index contributed by atoms with van der Waals surface area (Å²) in [5.74, 6) is 0.131. The number of rotatable bonds is 3. The summed E-state index contributed by atoms with van der Waals surface area (Å²) in [7, 11) is 0. The summed E-state index contributed by atoms with van der Waals surface area (Å²) in [5, 5.41) is 10.8. The quantitative estimate of drug-likeness (QED) is 0.868. The van der Waals surface area contributed by atoms with Crippen LogP contribution in [0.5, 0.6) is 0 Å². The van der Waals surface area contributed by atoms with Crippen molar-refractivity contribution in [1.82, 2.24) is 9.55 Å². The maximum absolute atomic E-state index is 12.6. The second kappa shape index (κ2) is 7.09. The number of azo groups is 1. The molecule has 1 aromatic heterocycles. The predicted molar refractivity (Wildman–Crippen MR) is 108 cm³/mol. The van der Waals surface area contributed by atoms with Crippen molar-refractivity contribution in [2.45, 2.75) is 25.8 Å². The first-order valence-electron chi connectivity index (χ1n) is 9.71. The third-order valence-electron chi connectivity index (χ3n) is 5.37. The van der Waals surface area contributed by atoms with Crippen molar-refractivity contribution < 1.29 is 9.59 Å². The van der Waals surface area contributed by atoms with Gasteiger partial charge in [0.25, 0.3) is 11.8 Å². The van der Waals surface area contributed by atoms with Gasteiger partial charge in [-0.15, -0.1) is 10.2 Å². The van der Waals surface area contributed by atoms with Gasteiger partial charge in [-0.05, 0) is 30.5 Å². The molecular formula is C22H19N5O2. The second-order valence-corrected chi connectivity index (χ2v) is 7.29. The zero-order valence-electron chi connectivity index (χ0n) is 15.7. The van der Waals surface area contributed by atoms with Crippen LogP contribution in [-0.4, -0.2) is 21.4 Å². The van der Waals surface area contributed by atoms with Gasteiger partial charge in [0, 0.05) is 30.4 Å². The molecule has 2 aromatic rings. The second-order valence-electron chi connectivity index (χ2n) is 7.29. The minimum absolute atomic E-state index is 0.218. The topological polar surface area (TPSA) is 88.7 Å². The van der Waals surface area contributed by atoms with Gasteiger partial charge < -0.3 is 9.88 Å². The number of aryl methyl sites for hydroxylation is 2. The first-order chi connectivity index (χ1) is 14.2. The van der Waals surface area contributed by atoms with Gasteiger partial charge in [0.2, 0.25) is 0 Å². The van der Waals surface area contributed by atoms with E-state index in [1.165, 1.54) is 0 Å². The average molecular weight is 385 g/mol. The molecule has 3 heterocycles. The molecule has 1 aliphatic carbocycles. The highest BCUT2D eigenvalue weighted by Gasteiger charge is 2.27. The fourth-order valence-corrected chi connectivity index (χ4v) is 3.86. The van der Waals surface area contributed by atoms with Gasteiger partial charge >= 0.3 is 0 Å². The van der Waals surface area contributed by atoms with Crippen molar-refractivity contribution in [3.8, 4) is 0 Å². The molecule has 3 aliphatic rings. The van der Waals surface area contributed by atoms with Gasteiger partial charge in [-0.2, -0.15) is 0 Å². The van der Waals surface area contributed by atoms with Crippen LogP contribution < -0.4 is 5.32 Å². The number of carbonyl (C=O) groups is 2. The van der Waals surface area contributed by atoms with Gasteiger partial charge in [-0.1, -0.05) is 36.4 Å². The highest BCUT2D eigenvalue weighted by atomic mass is 16.2. The third kappa shape index (κ3) is 3.24. The summed E-state index contributed by atoms with van der Waals surface area (Å²) in [5.41, 5.74) is 3.48. The van der Waals surface area contributed by atoms with Crippen LogP contribution in [-0.2, 0) is 17.8 Å². The normalized spacial score (nSPS) is 19.9. The number of allylic oxidation sites excluding steroid dienone is 3. The van der Waals surface area contributed by atoms with E-state index in [9.17, 15) is 9.59 Å². The molecule has 2 aliphatic heterocycles. The lowest BCUT2D eigenvalue weighted by molar-refractivity contribution is -0.119. The van der Waals surface area contributed by atoms with E-state index < -0.39 is 0 Å². The van der Waals surface area contributed by atoms with Gasteiger partial charge in [0.15, 0.2) is 0 Å². The minimum atomic E-state index is -0.376. The van der Waals surface area contributed by atoms with Crippen LogP contribution in [0.3, 0.4) is 0 Å². The molecule has 1 aromatic carbocycles. The maximum atomic E-state index is 12.6. The SMILES string of the molecule is O=C(Nc1ccc(C2=C3C=CC=CC3C(=O)N=N2)cc1)c1cn2c(n1)CCCC2.